The van der Waals surface area contributed by atoms with Gasteiger partial charge in [0, 0.05) is 43.3 Å². The first-order chi connectivity index (χ1) is 16.5. The Balaban J connectivity index is 2.69. The van der Waals surface area contributed by atoms with Gasteiger partial charge in [-0.2, -0.15) is 13.2 Å². The van der Waals surface area contributed by atoms with Crippen molar-refractivity contribution in [2.75, 3.05) is 5.75 Å². The first-order valence-electron chi connectivity index (χ1n) is 11.5. The van der Waals surface area contributed by atoms with Gasteiger partial charge in [0.1, 0.15) is 5.69 Å². The molecule has 0 N–H and O–H groups in total. The standard InChI is InChI=1S/C25H34F3N4O2PS/c1-8-10-11-29-21(16(3)4)17-12-19(36(33,34)9-2)22(30-14-17)23-31-15-18(32(23)7)13-20(24(5,6)35)25(26,27)28/h8,10-12,14-15,20H,9,13,35H2,1-7H3/b10-8-,29-11?. The molecule has 0 aromatic carbocycles. The summed E-state index contributed by atoms with van der Waals surface area (Å²) < 4.78 is 68.9. The van der Waals surface area contributed by atoms with E-state index in [0.29, 0.717) is 17.0 Å². The zero-order chi connectivity index (χ0) is 27.5. The molecule has 2 unspecified atom stereocenters. The molecule has 0 bridgehead atoms. The van der Waals surface area contributed by atoms with Crippen molar-refractivity contribution in [3.63, 3.8) is 0 Å². The number of halogens is 3. The van der Waals surface area contributed by atoms with Crippen molar-refractivity contribution in [1.82, 2.24) is 14.5 Å². The lowest BCUT2D eigenvalue weighted by Gasteiger charge is -2.32. The van der Waals surface area contributed by atoms with Crippen LogP contribution in [0.3, 0.4) is 0 Å². The molecule has 0 saturated heterocycles. The molecule has 0 radical (unpaired) electrons. The molecule has 0 aliphatic carbocycles. The van der Waals surface area contributed by atoms with E-state index in [0.717, 1.165) is 5.57 Å². The van der Waals surface area contributed by atoms with Gasteiger partial charge in [-0.1, -0.05) is 32.4 Å². The summed E-state index contributed by atoms with van der Waals surface area (Å²) >= 11 is 0. The average molecular weight is 543 g/mol. The summed E-state index contributed by atoms with van der Waals surface area (Å²) in [6, 6.07) is 1.51. The molecule has 36 heavy (non-hydrogen) atoms. The highest BCUT2D eigenvalue weighted by atomic mass is 32.2. The second-order valence-electron chi connectivity index (χ2n) is 9.38. The fourth-order valence-corrected chi connectivity index (χ4v) is 5.06. The molecule has 0 spiro atoms. The third kappa shape index (κ3) is 6.91. The molecule has 2 atom stereocenters. The van der Waals surface area contributed by atoms with Gasteiger partial charge in [-0.25, -0.2) is 13.4 Å². The molecule has 0 amide bonds. The highest BCUT2D eigenvalue weighted by Gasteiger charge is 2.47. The Morgan fingerprint density at radius 2 is 1.86 bits per heavy atom. The van der Waals surface area contributed by atoms with Crippen LogP contribution in [-0.2, 0) is 23.3 Å². The molecule has 0 saturated carbocycles. The molecule has 0 aliphatic rings. The van der Waals surface area contributed by atoms with E-state index in [2.05, 4.69) is 24.2 Å². The van der Waals surface area contributed by atoms with Crippen molar-refractivity contribution in [3.8, 4) is 11.5 Å². The van der Waals surface area contributed by atoms with Gasteiger partial charge in [-0.15, -0.1) is 9.24 Å². The van der Waals surface area contributed by atoms with Gasteiger partial charge in [-0.05, 0) is 38.1 Å². The molecule has 6 nitrogen and oxygen atoms in total. The van der Waals surface area contributed by atoms with Crippen molar-refractivity contribution >= 4 is 31.0 Å². The lowest BCUT2D eigenvalue weighted by atomic mass is 9.89. The van der Waals surface area contributed by atoms with Crippen LogP contribution in [0.2, 0.25) is 0 Å². The zero-order valence-corrected chi connectivity index (χ0v) is 23.7. The SMILES string of the molecule is C/C=C\C=NC(=C(C)C)c1cnc(-c2ncc(CC(C(F)(F)F)C(C)(C)P)n2C)c(S(=O)(=O)CC)c1. The Bertz CT molecular complexity index is 1270. The van der Waals surface area contributed by atoms with Gasteiger partial charge in [0.05, 0.1) is 22.3 Å². The Morgan fingerprint density at radius 3 is 2.36 bits per heavy atom. The lowest BCUT2D eigenvalue weighted by Crippen LogP contribution is -2.39. The summed E-state index contributed by atoms with van der Waals surface area (Å²) in [5.41, 5.74) is 2.38. The third-order valence-electron chi connectivity index (χ3n) is 5.80. The molecular weight excluding hydrogens is 508 g/mol. The van der Waals surface area contributed by atoms with Crippen molar-refractivity contribution in [3.05, 3.63) is 47.4 Å². The van der Waals surface area contributed by atoms with Gasteiger partial charge in [0.25, 0.3) is 0 Å². The van der Waals surface area contributed by atoms with Gasteiger partial charge in [-0.3, -0.25) is 9.98 Å². The number of pyridine rings is 1. The molecule has 0 fully saturated rings. The van der Waals surface area contributed by atoms with Crippen molar-refractivity contribution in [2.45, 2.75) is 64.2 Å². The number of alkyl halides is 3. The number of nitrogens with zero attached hydrogens (tertiary/aromatic N) is 4. The molecule has 198 valence electrons. The lowest BCUT2D eigenvalue weighted by molar-refractivity contribution is -0.181. The minimum Gasteiger partial charge on any atom is -0.330 e. The second kappa shape index (κ2) is 11.4. The van der Waals surface area contributed by atoms with E-state index in [-0.39, 0.29) is 28.6 Å². The minimum atomic E-state index is -4.42. The van der Waals surface area contributed by atoms with E-state index in [4.69, 9.17) is 0 Å². The fraction of sp³-hybridized carbons (Fsp3) is 0.480. The summed E-state index contributed by atoms with van der Waals surface area (Å²) in [5.74, 6) is -1.63. The maximum Gasteiger partial charge on any atom is 0.393 e. The molecular formula is C25H34F3N4O2PS. The first-order valence-corrected chi connectivity index (χ1v) is 13.7. The topological polar surface area (TPSA) is 77.2 Å². The average Bonchev–Trinajstić information content (AvgIpc) is 3.13. The number of imidazole rings is 1. The van der Waals surface area contributed by atoms with Gasteiger partial charge in [0.15, 0.2) is 15.7 Å². The van der Waals surface area contributed by atoms with Crippen LogP contribution in [0.25, 0.3) is 17.2 Å². The van der Waals surface area contributed by atoms with Crippen LogP contribution in [-0.4, -0.2) is 46.3 Å². The number of aromatic nitrogens is 3. The van der Waals surface area contributed by atoms with Crippen molar-refractivity contribution < 1.29 is 21.6 Å². The fourth-order valence-electron chi connectivity index (χ4n) is 3.69. The van der Waals surface area contributed by atoms with E-state index in [1.165, 1.54) is 43.8 Å². The summed E-state index contributed by atoms with van der Waals surface area (Å²) in [6.45, 7) is 10.1. The third-order valence-corrected chi connectivity index (χ3v) is 7.94. The van der Waals surface area contributed by atoms with Crippen LogP contribution >= 0.6 is 9.24 Å². The van der Waals surface area contributed by atoms with Crippen LogP contribution in [0.5, 0.6) is 0 Å². The first kappa shape index (κ1) is 29.9. The van der Waals surface area contributed by atoms with E-state index in [9.17, 15) is 21.6 Å². The van der Waals surface area contributed by atoms with Crippen LogP contribution in [0.15, 0.2) is 46.1 Å². The second-order valence-corrected chi connectivity index (χ2v) is 13.1. The number of sulfone groups is 1. The molecule has 2 heterocycles. The number of hydrogen-bond acceptors (Lipinski definition) is 5. The molecule has 2 aromatic heterocycles. The Labute approximate surface area is 214 Å². The van der Waals surface area contributed by atoms with Crippen LogP contribution in [0.1, 0.15) is 52.8 Å². The number of rotatable bonds is 9. The number of hydrogen-bond donors (Lipinski definition) is 0. The van der Waals surface area contributed by atoms with Gasteiger partial charge < -0.3 is 4.57 Å². The number of aliphatic imine (C=N–C) groups is 1. The summed E-state index contributed by atoms with van der Waals surface area (Å²) in [7, 11) is 0.0863. The largest absolute Gasteiger partial charge is 0.393 e. The predicted octanol–water partition coefficient (Wildman–Crippen LogP) is 6.05. The van der Waals surface area contributed by atoms with E-state index in [1.807, 2.05) is 26.8 Å². The van der Waals surface area contributed by atoms with E-state index >= 15 is 0 Å². The van der Waals surface area contributed by atoms with Gasteiger partial charge >= 0.3 is 6.18 Å². The van der Waals surface area contributed by atoms with Crippen molar-refractivity contribution in [1.29, 1.82) is 0 Å². The Kier molecular flexibility index (Phi) is 9.46. The Morgan fingerprint density at radius 1 is 1.22 bits per heavy atom. The van der Waals surface area contributed by atoms with Crippen molar-refractivity contribution in [2.24, 2.45) is 18.0 Å². The van der Waals surface area contributed by atoms with Crippen LogP contribution in [0, 0.1) is 5.92 Å². The molecule has 0 aliphatic heterocycles. The summed E-state index contributed by atoms with van der Waals surface area (Å²) in [6.07, 6.45) is 3.33. The smallest absolute Gasteiger partial charge is 0.330 e. The van der Waals surface area contributed by atoms with E-state index < -0.39 is 27.1 Å². The van der Waals surface area contributed by atoms with Crippen LogP contribution in [0.4, 0.5) is 13.2 Å². The Hall–Kier alpha value is -2.32. The van der Waals surface area contributed by atoms with E-state index in [1.54, 1.807) is 19.3 Å². The maximum absolute atomic E-state index is 13.8. The highest BCUT2D eigenvalue weighted by molar-refractivity contribution is 7.91. The monoisotopic (exact) mass is 542 g/mol. The van der Waals surface area contributed by atoms with Gasteiger partial charge in [0.2, 0.25) is 0 Å². The normalized spacial score (nSPS) is 14.1. The highest BCUT2D eigenvalue weighted by Crippen LogP contribution is 2.42. The summed E-state index contributed by atoms with van der Waals surface area (Å²) in [4.78, 5) is 13.1. The molecule has 2 rings (SSSR count). The molecule has 2 aromatic rings. The minimum absolute atomic E-state index is 0.0403. The quantitative estimate of drug-likeness (QED) is 0.286. The summed E-state index contributed by atoms with van der Waals surface area (Å²) in [5, 5.41) is -1.10. The maximum atomic E-state index is 13.8. The number of allylic oxidation sites excluding steroid dienone is 3. The van der Waals surface area contributed by atoms with Crippen LogP contribution < -0.4 is 0 Å². The zero-order valence-electron chi connectivity index (χ0n) is 21.7. The molecule has 11 heteroatoms. The predicted molar refractivity (Wildman–Crippen MR) is 143 cm³/mol.